The zero-order valence-electron chi connectivity index (χ0n) is 15.9. The Morgan fingerprint density at radius 1 is 0.967 bits per heavy atom. The number of thioether (sulfide) groups is 1. The standard InChI is InChI=1S/C20H19ClF6N2S/c1-13-10-16(22)17(11-18(13)30-20(26,27)19(23,24)25)29-8-6-28(7-9-29)12-14-2-4-15(21)5-3-14/h2-5,10-11H,6-9,12H2,1H3. The molecule has 10 heteroatoms. The van der Waals surface area contributed by atoms with Crippen LogP contribution in [0.15, 0.2) is 41.3 Å². The number of alkyl halides is 5. The van der Waals surface area contributed by atoms with E-state index in [1.165, 1.54) is 6.92 Å². The van der Waals surface area contributed by atoms with Crippen molar-refractivity contribution >= 4 is 29.1 Å². The number of rotatable bonds is 5. The van der Waals surface area contributed by atoms with Crippen LogP contribution in [-0.2, 0) is 6.54 Å². The van der Waals surface area contributed by atoms with E-state index in [4.69, 9.17) is 11.6 Å². The molecule has 1 fully saturated rings. The van der Waals surface area contributed by atoms with Crippen LogP contribution >= 0.6 is 23.4 Å². The van der Waals surface area contributed by atoms with Crippen LogP contribution in [0.1, 0.15) is 11.1 Å². The highest BCUT2D eigenvalue weighted by atomic mass is 35.5. The number of piperazine rings is 1. The number of aryl methyl sites for hydroxylation is 1. The van der Waals surface area contributed by atoms with E-state index < -0.39 is 29.0 Å². The molecule has 2 nitrogen and oxygen atoms in total. The highest BCUT2D eigenvalue weighted by Gasteiger charge is 2.58. The van der Waals surface area contributed by atoms with Crippen LogP contribution in [0.4, 0.5) is 32.0 Å². The molecule has 0 saturated carbocycles. The van der Waals surface area contributed by atoms with Crippen molar-refractivity contribution in [3.8, 4) is 0 Å². The first-order chi connectivity index (χ1) is 14.0. The Bertz CT molecular complexity index is 880. The maximum atomic E-state index is 14.5. The lowest BCUT2D eigenvalue weighted by Crippen LogP contribution is -2.46. The third-order valence-corrected chi connectivity index (χ3v) is 6.24. The summed E-state index contributed by atoms with van der Waals surface area (Å²) in [5, 5.41) is -4.31. The zero-order chi connectivity index (χ0) is 22.1. The predicted octanol–water partition coefficient (Wildman–Crippen LogP) is 6.36. The molecule has 1 aliphatic rings. The summed E-state index contributed by atoms with van der Waals surface area (Å²) < 4.78 is 79.1. The maximum Gasteiger partial charge on any atom is 0.464 e. The van der Waals surface area contributed by atoms with Crippen molar-refractivity contribution in [1.29, 1.82) is 0 Å². The van der Waals surface area contributed by atoms with Gasteiger partial charge >= 0.3 is 11.4 Å². The van der Waals surface area contributed by atoms with Gasteiger partial charge < -0.3 is 4.90 Å². The van der Waals surface area contributed by atoms with E-state index in [1.807, 2.05) is 12.1 Å². The number of hydrogen-bond acceptors (Lipinski definition) is 3. The monoisotopic (exact) mass is 468 g/mol. The highest BCUT2D eigenvalue weighted by Crippen LogP contribution is 2.49. The molecule has 2 aromatic rings. The second kappa shape index (κ2) is 8.88. The number of benzene rings is 2. The van der Waals surface area contributed by atoms with Gasteiger partial charge in [0.05, 0.1) is 5.69 Å². The smallest absolute Gasteiger partial charge is 0.367 e. The van der Waals surface area contributed by atoms with Crippen LogP contribution in [-0.4, -0.2) is 42.5 Å². The summed E-state index contributed by atoms with van der Waals surface area (Å²) in [5.41, 5.74) is 1.14. The van der Waals surface area contributed by atoms with Gasteiger partial charge in [-0.05, 0) is 54.1 Å². The quantitative estimate of drug-likeness (QED) is 0.372. The Kier molecular flexibility index (Phi) is 6.84. The third-order valence-electron chi connectivity index (χ3n) is 4.84. The van der Waals surface area contributed by atoms with E-state index in [1.54, 1.807) is 17.0 Å². The lowest BCUT2D eigenvalue weighted by Gasteiger charge is -2.36. The predicted molar refractivity (Wildman–Crippen MR) is 107 cm³/mol. The first-order valence-electron chi connectivity index (χ1n) is 9.12. The van der Waals surface area contributed by atoms with E-state index in [-0.39, 0.29) is 16.1 Å². The molecule has 1 heterocycles. The fourth-order valence-electron chi connectivity index (χ4n) is 3.19. The van der Waals surface area contributed by atoms with Gasteiger partial charge in [-0.2, -0.15) is 22.0 Å². The van der Waals surface area contributed by atoms with Crippen LogP contribution in [0.3, 0.4) is 0 Å². The van der Waals surface area contributed by atoms with Crippen LogP contribution < -0.4 is 4.90 Å². The van der Waals surface area contributed by atoms with Crippen molar-refractivity contribution in [2.45, 2.75) is 29.8 Å². The van der Waals surface area contributed by atoms with Gasteiger partial charge in [0.2, 0.25) is 0 Å². The minimum Gasteiger partial charge on any atom is -0.367 e. The first kappa shape index (κ1) is 23.1. The average molecular weight is 469 g/mol. The Hall–Kier alpha value is -1.58. The van der Waals surface area contributed by atoms with Crippen molar-refractivity contribution in [3.05, 3.63) is 58.4 Å². The van der Waals surface area contributed by atoms with Crippen molar-refractivity contribution < 1.29 is 26.3 Å². The molecular weight excluding hydrogens is 450 g/mol. The molecule has 0 aromatic heterocycles. The molecule has 164 valence electrons. The second-order valence-electron chi connectivity index (χ2n) is 7.08. The average Bonchev–Trinajstić information content (AvgIpc) is 2.65. The number of anilines is 1. The van der Waals surface area contributed by atoms with Crippen LogP contribution in [0.25, 0.3) is 0 Å². The Balaban J connectivity index is 1.70. The van der Waals surface area contributed by atoms with Gasteiger partial charge in [0.15, 0.2) is 0 Å². The van der Waals surface area contributed by atoms with Gasteiger partial charge in [-0.25, -0.2) is 4.39 Å². The molecule has 1 aliphatic heterocycles. The minimum atomic E-state index is -5.69. The molecule has 0 bridgehead atoms. The molecule has 0 spiro atoms. The molecule has 30 heavy (non-hydrogen) atoms. The fourth-order valence-corrected chi connectivity index (χ4v) is 4.09. The molecule has 0 atom stereocenters. The van der Waals surface area contributed by atoms with Gasteiger partial charge in [-0.3, -0.25) is 4.90 Å². The molecule has 0 radical (unpaired) electrons. The largest absolute Gasteiger partial charge is 0.464 e. The maximum absolute atomic E-state index is 14.5. The summed E-state index contributed by atoms with van der Waals surface area (Å²) in [6, 6.07) is 9.51. The van der Waals surface area contributed by atoms with Gasteiger partial charge in [0, 0.05) is 42.6 Å². The minimum absolute atomic E-state index is 0.0338. The van der Waals surface area contributed by atoms with Gasteiger partial charge in [-0.15, -0.1) is 0 Å². The van der Waals surface area contributed by atoms with Gasteiger partial charge in [-0.1, -0.05) is 23.7 Å². The lowest BCUT2D eigenvalue weighted by molar-refractivity contribution is -0.237. The molecule has 0 N–H and O–H groups in total. The van der Waals surface area contributed by atoms with E-state index in [2.05, 4.69) is 4.90 Å². The molecule has 3 rings (SSSR count). The summed E-state index contributed by atoms with van der Waals surface area (Å²) in [5.74, 6) is -0.640. The lowest BCUT2D eigenvalue weighted by atomic mass is 10.1. The van der Waals surface area contributed by atoms with Crippen LogP contribution in [0, 0.1) is 12.7 Å². The van der Waals surface area contributed by atoms with E-state index in [0.717, 1.165) is 17.7 Å². The Morgan fingerprint density at radius 2 is 1.57 bits per heavy atom. The molecule has 0 unspecified atom stereocenters. The van der Waals surface area contributed by atoms with E-state index >= 15 is 0 Å². The molecule has 0 amide bonds. The summed E-state index contributed by atoms with van der Waals surface area (Å²) >= 11 is 5.28. The molecular formula is C20H19ClF6N2S. The Labute approximate surface area is 179 Å². The summed E-state index contributed by atoms with van der Waals surface area (Å²) in [6.07, 6.45) is -5.69. The molecule has 2 aromatic carbocycles. The highest BCUT2D eigenvalue weighted by molar-refractivity contribution is 8.00. The summed E-state index contributed by atoms with van der Waals surface area (Å²) in [4.78, 5) is 3.53. The van der Waals surface area contributed by atoms with Crippen molar-refractivity contribution in [2.24, 2.45) is 0 Å². The topological polar surface area (TPSA) is 6.48 Å². The number of halogens is 7. The van der Waals surface area contributed by atoms with Gasteiger partial charge in [0.25, 0.3) is 0 Å². The van der Waals surface area contributed by atoms with Crippen LogP contribution in [0.5, 0.6) is 0 Å². The van der Waals surface area contributed by atoms with Crippen LogP contribution in [0.2, 0.25) is 5.02 Å². The molecule has 0 aliphatic carbocycles. The van der Waals surface area contributed by atoms with E-state index in [9.17, 15) is 26.3 Å². The zero-order valence-corrected chi connectivity index (χ0v) is 17.5. The third kappa shape index (κ3) is 5.36. The van der Waals surface area contributed by atoms with Crippen molar-refractivity contribution in [3.63, 3.8) is 0 Å². The van der Waals surface area contributed by atoms with Crippen molar-refractivity contribution in [2.75, 3.05) is 31.1 Å². The number of hydrogen-bond donors (Lipinski definition) is 0. The van der Waals surface area contributed by atoms with Crippen molar-refractivity contribution in [1.82, 2.24) is 4.90 Å². The van der Waals surface area contributed by atoms with Gasteiger partial charge in [0.1, 0.15) is 5.82 Å². The first-order valence-corrected chi connectivity index (χ1v) is 10.3. The Morgan fingerprint density at radius 3 is 2.13 bits per heavy atom. The molecule has 1 saturated heterocycles. The summed E-state index contributed by atoms with van der Waals surface area (Å²) in [6.45, 7) is 4.03. The fraction of sp³-hybridized carbons (Fsp3) is 0.400. The number of nitrogens with zero attached hydrogens (tertiary/aromatic N) is 2. The summed E-state index contributed by atoms with van der Waals surface area (Å²) in [7, 11) is 0. The SMILES string of the molecule is Cc1cc(F)c(N2CCN(Cc3ccc(Cl)cc3)CC2)cc1SC(F)(F)C(F)(F)F. The second-order valence-corrected chi connectivity index (χ2v) is 8.67. The normalized spacial score (nSPS) is 16.2. The van der Waals surface area contributed by atoms with E-state index in [0.29, 0.717) is 37.7 Å².